The Kier molecular flexibility index (Phi) is 5.30. The second kappa shape index (κ2) is 8.11. The number of pyridine rings is 1. The van der Waals surface area contributed by atoms with Crippen LogP contribution in [-0.4, -0.2) is 47.8 Å². The molecule has 3 heterocycles. The molecule has 0 atom stereocenters. The summed E-state index contributed by atoms with van der Waals surface area (Å²) in [5.41, 5.74) is 3.70. The molecule has 1 spiro atoms. The van der Waals surface area contributed by atoms with Gasteiger partial charge >= 0.3 is 6.09 Å². The quantitative estimate of drug-likeness (QED) is 0.750. The van der Waals surface area contributed by atoms with E-state index in [1.54, 1.807) is 0 Å². The van der Waals surface area contributed by atoms with Crippen LogP contribution in [0.5, 0.6) is 5.75 Å². The number of alkyl carbamates (subject to hydrolysis) is 1. The number of hydrogen-bond donors (Lipinski definition) is 1. The zero-order chi connectivity index (χ0) is 21.4. The van der Waals surface area contributed by atoms with Gasteiger partial charge in [-0.25, -0.2) is 9.18 Å². The lowest BCUT2D eigenvalue weighted by Gasteiger charge is -2.37. The summed E-state index contributed by atoms with van der Waals surface area (Å²) >= 11 is 0. The Balaban J connectivity index is 1.40. The minimum Gasteiger partial charge on any atom is -0.492 e. The number of nitrogens with one attached hydrogen (secondary N) is 1. The first-order valence-electron chi connectivity index (χ1n) is 11.2. The third kappa shape index (κ3) is 4.24. The number of halogens is 1. The summed E-state index contributed by atoms with van der Waals surface area (Å²) in [4.78, 5) is 18.9. The predicted octanol–water partition coefficient (Wildman–Crippen LogP) is 4.24. The van der Waals surface area contributed by atoms with Gasteiger partial charge in [0, 0.05) is 44.0 Å². The normalized spacial score (nSPS) is 20.5. The highest BCUT2D eigenvalue weighted by Crippen LogP contribution is 2.45. The number of likely N-dealkylation sites (tertiary alicyclic amines) is 1. The van der Waals surface area contributed by atoms with Gasteiger partial charge in [0.15, 0.2) is 0 Å². The average Bonchev–Trinajstić information content (AvgIpc) is 3.55. The van der Waals surface area contributed by atoms with Crippen molar-refractivity contribution in [3.05, 3.63) is 47.5 Å². The Hall–Kier alpha value is -2.67. The molecule has 164 valence electrons. The van der Waals surface area contributed by atoms with E-state index in [0.29, 0.717) is 25.6 Å². The fourth-order valence-corrected chi connectivity index (χ4v) is 4.58. The molecule has 6 nitrogen and oxygen atoms in total. The van der Waals surface area contributed by atoms with Crippen LogP contribution >= 0.6 is 0 Å². The first kappa shape index (κ1) is 20.2. The van der Waals surface area contributed by atoms with E-state index >= 15 is 0 Å². The van der Waals surface area contributed by atoms with Gasteiger partial charge < -0.3 is 14.8 Å². The molecule has 2 aromatic rings. The molecule has 2 saturated heterocycles. The van der Waals surface area contributed by atoms with Gasteiger partial charge in [-0.2, -0.15) is 0 Å². The second-order valence-corrected chi connectivity index (χ2v) is 8.78. The molecular formula is C24H28FN3O3. The fraction of sp³-hybridized carbons (Fsp3) is 0.500. The highest BCUT2D eigenvalue weighted by atomic mass is 19.1. The second-order valence-electron chi connectivity index (χ2n) is 8.78. The Bertz CT molecular complexity index is 967. The number of aromatic nitrogens is 1. The van der Waals surface area contributed by atoms with Crippen LogP contribution in [0.1, 0.15) is 49.9 Å². The first-order valence-corrected chi connectivity index (χ1v) is 11.2. The summed E-state index contributed by atoms with van der Waals surface area (Å²) < 4.78 is 25.0. The number of hydrogen-bond acceptors (Lipinski definition) is 5. The van der Waals surface area contributed by atoms with Crippen LogP contribution in [0, 0.1) is 5.82 Å². The van der Waals surface area contributed by atoms with E-state index in [2.05, 4.69) is 16.3 Å². The highest BCUT2D eigenvalue weighted by Gasteiger charge is 2.43. The Morgan fingerprint density at radius 1 is 1.26 bits per heavy atom. The van der Waals surface area contributed by atoms with Crippen molar-refractivity contribution in [3.8, 4) is 16.9 Å². The molecule has 0 radical (unpaired) electrons. The van der Waals surface area contributed by atoms with Gasteiger partial charge in [0.05, 0.1) is 24.5 Å². The van der Waals surface area contributed by atoms with Crippen molar-refractivity contribution in [1.82, 2.24) is 15.2 Å². The van der Waals surface area contributed by atoms with Crippen LogP contribution in [0.4, 0.5) is 9.18 Å². The number of rotatable bonds is 6. The van der Waals surface area contributed by atoms with Gasteiger partial charge in [0.2, 0.25) is 0 Å². The highest BCUT2D eigenvalue weighted by molar-refractivity contribution is 5.70. The van der Waals surface area contributed by atoms with E-state index in [0.717, 1.165) is 67.0 Å². The topological polar surface area (TPSA) is 63.7 Å². The van der Waals surface area contributed by atoms with Gasteiger partial charge in [0.1, 0.15) is 17.2 Å². The summed E-state index contributed by atoms with van der Waals surface area (Å²) in [7, 11) is 0. The lowest BCUT2D eigenvalue weighted by Crippen LogP contribution is -2.46. The van der Waals surface area contributed by atoms with Crippen molar-refractivity contribution in [2.75, 3.05) is 26.2 Å². The van der Waals surface area contributed by atoms with Crippen LogP contribution in [-0.2, 0) is 11.3 Å². The smallest absolute Gasteiger partial charge is 0.407 e. The number of piperidine rings is 1. The maximum atomic E-state index is 13.5. The van der Waals surface area contributed by atoms with Crippen molar-refractivity contribution < 1.29 is 18.7 Å². The van der Waals surface area contributed by atoms with Crippen LogP contribution in [0.25, 0.3) is 11.1 Å². The number of carbonyl (C=O) groups is 1. The van der Waals surface area contributed by atoms with Gasteiger partial charge in [-0.1, -0.05) is 12.1 Å². The Morgan fingerprint density at radius 3 is 2.61 bits per heavy atom. The zero-order valence-electron chi connectivity index (χ0n) is 17.8. The van der Waals surface area contributed by atoms with E-state index in [4.69, 9.17) is 14.5 Å². The van der Waals surface area contributed by atoms with Crippen molar-refractivity contribution in [3.63, 3.8) is 0 Å². The van der Waals surface area contributed by atoms with Crippen molar-refractivity contribution in [2.24, 2.45) is 0 Å². The molecule has 3 fully saturated rings. The lowest BCUT2D eigenvalue weighted by atomic mass is 9.91. The predicted molar refractivity (Wildman–Crippen MR) is 115 cm³/mol. The summed E-state index contributed by atoms with van der Waals surface area (Å²) in [6, 6.07) is 8.70. The Morgan fingerprint density at radius 2 is 2.00 bits per heavy atom. The maximum Gasteiger partial charge on any atom is 0.407 e. The SMILES string of the molecule is CCOc1cc(-c2ccc(F)cc2)c(C2CC2)nc1CN1CCC2(CC1)CNC(=O)O2. The monoisotopic (exact) mass is 425 g/mol. The molecule has 31 heavy (non-hydrogen) atoms. The first-order chi connectivity index (χ1) is 15.0. The molecule has 1 aliphatic carbocycles. The number of carbonyl (C=O) groups excluding carboxylic acids is 1. The molecule has 3 aliphatic rings. The van der Waals surface area contributed by atoms with Gasteiger partial charge in [-0.3, -0.25) is 9.88 Å². The molecule has 0 unspecified atom stereocenters. The molecule has 0 bridgehead atoms. The molecule has 2 aliphatic heterocycles. The van der Waals surface area contributed by atoms with Crippen LogP contribution in [0.15, 0.2) is 30.3 Å². The van der Waals surface area contributed by atoms with Crippen LogP contribution in [0.3, 0.4) is 0 Å². The molecule has 5 rings (SSSR count). The van der Waals surface area contributed by atoms with E-state index in [-0.39, 0.29) is 17.5 Å². The van der Waals surface area contributed by atoms with E-state index in [1.807, 2.05) is 19.1 Å². The molecule has 1 aromatic heterocycles. The van der Waals surface area contributed by atoms with Gasteiger partial charge in [0.25, 0.3) is 0 Å². The summed E-state index contributed by atoms with van der Waals surface area (Å²) in [5, 5.41) is 2.79. The van der Waals surface area contributed by atoms with Gasteiger partial charge in [-0.15, -0.1) is 0 Å². The fourth-order valence-electron chi connectivity index (χ4n) is 4.58. The standard InChI is InChI=1S/C24H28FN3O3/c1-2-30-21-13-19(16-5-7-18(25)8-6-16)22(17-3-4-17)27-20(21)14-28-11-9-24(10-12-28)15-26-23(29)31-24/h5-8,13,17H,2-4,9-12,14-15H2,1H3,(H,26,29). The third-order valence-electron chi connectivity index (χ3n) is 6.52. The summed E-state index contributed by atoms with van der Waals surface area (Å²) in [6.07, 6.45) is 3.61. The minimum absolute atomic E-state index is 0.239. The molecule has 1 amide bonds. The molecule has 1 N–H and O–H groups in total. The van der Waals surface area contributed by atoms with Crippen molar-refractivity contribution in [1.29, 1.82) is 0 Å². The molecule has 1 aromatic carbocycles. The van der Waals surface area contributed by atoms with Crippen LogP contribution < -0.4 is 10.1 Å². The lowest BCUT2D eigenvalue weighted by molar-refractivity contribution is -0.00144. The van der Waals surface area contributed by atoms with E-state index < -0.39 is 0 Å². The number of amides is 1. The zero-order valence-corrected chi connectivity index (χ0v) is 17.8. The average molecular weight is 426 g/mol. The van der Waals surface area contributed by atoms with E-state index in [1.165, 1.54) is 12.1 Å². The van der Waals surface area contributed by atoms with E-state index in [9.17, 15) is 9.18 Å². The molecular weight excluding hydrogens is 397 g/mol. The molecule has 1 saturated carbocycles. The largest absolute Gasteiger partial charge is 0.492 e. The third-order valence-corrected chi connectivity index (χ3v) is 6.52. The number of ether oxygens (including phenoxy) is 2. The number of nitrogens with zero attached hydrogens (tertiary/aromatic N) is 2. The summed E-state index contributed by atoms with van der Waals surface area (Å²) in [6.45, 7) is 5.53. The van der Waals surface area contributed by atoms with Crippen LogP contribution in [0.2, 0.25) is 0 Å². The number of benzene rings is 1. The van der Waals surface area contributed by atoms with Crippen molar-refractivity contribution >= 4 is 6.09 Å². The Labute approximate surface area is 181 Å². The van der Waals surface area contributed by atoms with Gasteiger partial charge in [-0.05, 0) is 43.5 Å². The molecule has 7 heteroatoms. The maximum absolute atomic E-state index is 13.5. The van der Waals surface area contributed by atoms with Crippen molar-refractivity contribution in [2.45, 2.75) is 50.7 Å². The summed E-state index contributed by atoms with van der Waals surface area (Å²) in [5.74, 6) is 1.01. The minimum atomic E-state index is -0.352.